The van der Waals surface area contributed by atoms with Gasteiger partial charge >= 0.3 is 0 Å². The van der Waals surface area contributed by atoms with Crippen LogP contribution in [0.25, 0.3) is 10.8 Å². The molecule has 0 saturated carbocycles. The minimum absolute atomic E-state index is 0.787. The van der Waals surface area contributed by atoms with Crippen molar-refractivity contribution in [3.05, 3.63) is 77.9 Å². The van der Waals surface area contributed by atoms with Crippen LogP contribution >= 0.6 is 0 Å². The molecular formula is C26H32N2O2. The van der Waals surface area contributed by atoms with Gasteiger partial charge in [-0.2, -0.15) is 0 Å². The van der Waals surface area contributed by atoms with Crippen molar-refractivity contribution in [3.8, 4) is 5.75 Å². The Morgan fingerprint density at radius 3 is 2.20 bits per heavy atom. The average Bonchev–Trinajstić information content (AvgIpc) is 2.80. The third kappa shape index (κ3) is 5.82. The monoisotopic (exact) mass is 404 g/mol. The lowest BCUT2D eigenvalue weighted by Crippen LogP contribution is -2.46. The standard InChI is InChI=1S/C26H32N2O2/c1-29-26-10-7-23(8-11-26)21-28-15-13-27(14-16-28)17-19-30-18-12-22-6-9-24-4-2-3-5-25(24)20-22/h2-11,20H,12-19,21H2,1H3. The van der Waals surface area contributed by atoms with Gasteiger partial charge in [-0.25, -0.2) is 0 Å². The molecule has 0 amide bonds. The van der Waals surface area contributed by atoms with Crippen LogP contribution in [0.15, 0.2) is 66.7 Å². The van der Waals surface area contributed by atoms with Crippen LogP contribution in [0.1, 0.15) is 11.1 Å². The first kappa shape index (κ1) is 20.9. The van der Waals surface area contributed by atoms with Crippen molar-refractivity contribution in [1.82, 2.24) is 9.80 Å². The highest BCUT2D eigenvalue weighted by Crippen LogP contribution is 2.16. The molecular weight excluding hydrogens is 372 g/mol. The number of rotatable bonds is 9. The van der Waals surface area contributed by atoms with Crippen LogP contribution in [0.4, 0.5) is 0 Å². The third-order valence-electron chi connectivity index (χ3n) is 5.93. The molecule has 4 nitrogen and oxygen atoms in total. The van der Waals surface area contributed by atoms with Gasteiger partial charge in [-0.05, 0) is 40.5 Å². The molecule has 0 aromatic heterocycles. The minimum atomic E-state index is 0.787. The van der Waals surface area contributed by atoms with Crippen molar-refractivity contribution in [2.24, 2.45) is 0 Å². The van der Waals surface area contributed by atoms with Crippen molar-refractivity contribution < 1.29 is 9.47 Å². The highest BCUT2D eigenvalue weighted by molar-refractivity contribution is 5.82. The molecule has 4 heteroatoms. The summed E-state index contributed by atoms with van der Waals surface area (Å²) in [4.78, 5) is 5.04. The van der Waals surface area contributed by atoms with E-state index in [1.54, 1.807) is 7.11 Å². The van der Waals surface area contributed by atoms with Gasteiger partial charge in [0.05, 0.1) is 20.3 Å². The van der Waals surface area contributed by atoms with Crippen LogP contribution in [0, 0.1) is 0 Å². The molecule has 1 heterocycles. The maximum absolute atomic E-state index is 5.93. The summed E-state index contributed by atoms with van der Waals surface area (Å²) >= 11 is 0. The normalized spacial score (nSPS) is 15.5. The maximum Gasteiger partial charge on any atom is 0.118 e. The van der Waals surface area contributed by atoms with Crippen molar-refractivity contribution in [3.63, 3.8) is 0 Å². The molecule has 0 atom stereocenters. The lowest BCUT2D eigenvalue weighted by Gasteiger charge is -2.34. The summed E-state index contributed by atoms with van der Waals surface area (Å²) in [5.41, 5.74) is 2.70. The summed E-state index contributed by atoms with van der Waals surface area (Å²) in [6.45, 7) is 8.09. The van der Waals surface area contributed by atoms with E-state index in [0.717, 1.165) is 64.7 Å². The molecule has 30 heavy (non-hydrogen) atoms. The van der Waals surface area contributed by atoms with Gasteiger partial charge in [0.15, 0.2) is 0 Å². The zero-order valence-electron chi connectivity index (χ0n) is 17.9. The van der Waals surface area contributed by atoms with Crippen LogP contribution in [0.2, 0.25) is 0 Å². The molecule has 0 unspecified atom stereocenters. The second kappa shape index (κ2) is 10.6. The first-order valence-corrected chi connectivity index (χ1v) is 10.9. The Morgan fingerprint density at radius 2 is 1.43 bits per heavy atom. The van der Waals surface area contributed by atoms with E-state index in [4.69, 9.17) is 9.47 Å². The van der Waals surface area contributed by atoms with E-state index in [2.05, 4.69) is 64.4 Å². The molecule has 1 aliphatic heterocycles. The average molecular weight is 405 g/mol. The van der Waals surface area contributed by atoms with Crippen molar-refractivity contribution >= 4 is 10.8 Å². The Labute approximate surface area is 180 Å². The Kier molecular flexibility index (Phi) is 7.35. The summed E-state index contributed by atoms with van der Waals surface area (Å²) in [5, 5.41) is 2.61. The number of piperazine rings is 1. The third-order valence-corrected chi connectivity index (χ3v) is 5.93. The highest BCUT2D eigenvalue weighted by atomic mass is 16.5. The number of nitrogens with zero attached hydrogens (tertiary/aromatic N) is 2. The van der Waals surface area contributed by atoms with Gasteiger partial charge in [-0.3, -0.25) is 9.80 Å². The molecule has 3 aromatic carbocycles. The number of hydrogen-bond acceptors (Lipinski definition) is 4. The first-order chi connectivity index (χ1) is 14.8. The van der Waals surface area contributed by atoms with E-state index in [9.17, 15) is 0 Å². The molecule has 0 radical (unpaired) electrons. The van der Waals surface area contributed by atoms with Crippen LogP contribution in [0.5, 0.6) is 5.75 Å². The lowest BCUT2D eigenvalue weighted by molar-refractivity contribution is 0.0747. The van der Waals surface area contributed by atoms with E-state index in [0.29, 0.717) is 0 Å². The molecule has 0 aliphatic carbocycles. The van der Waals surface area contributed by atoms with E-state index < -0.39 is 0 Å². The predicted octanol–water partition coefficient (Wildman–Crippen LogP) is 4.23. The van der Waals surface area contributed by atoms with Crippen LogP contribution in [0.3, 0.4) is 0 Å². The lowest BCUT2D eigenvalue weighted by atomic mass is 10.1. The molecule has 1 saturated heterocycles. The quantitative estimate of drug-likeness (QED) is 0.499. The maximum atomic E-state index is 5.93. The summed E-state index contributed by atoms with van der Waals surface area (Å²) in [7, 11) is 1.71. The molecule has 0 bridgehead atoms. The zero-order chi connectivity index (χ0) is 20.6. The molecule has 3 aromatic rings. The van der Waals surface area contributed by atoms with Crippen molar-refractivity contribution in [2.75, 3.05) is 53.0 Å². The van der Waals surface area contributed by atoms with Gasteiger partial charge in [0.1, 0.15) is 5.75 Å². The Balaban J connectivity index is 1.11. The van der Waals surface area contributed by atoms with Crippen LogP contribution < -0.4 is 4.74 Å². The highest BCUT2D eigenvalue weighted by Gasteiger charge is 2.16. The van der Waals surface area contributed by atoms with E-state index in [1.165, 1.54) is 21.9 Å². The number of methoxy groups -OCH3 is 1. The second-order valence-electron chi connectivity index (χ2n) is 8.01. The fourth-order valence-electron chi connectivity index (χ4n) is 4.04. The van der Waals surface area contributed by atoms with Gasteiger partial charge < -0.3 is 9.47 Å². The molecule has 158 valence electrons. The van der Waals surface area contributed by atoms with Crippen molar-refractivity contribution in [1.29, 1.82) is 0 Å². The minimum Gasteiger partial charge on any atom is -0.497 e. The van der Waals surface area contributed by atoms with Gasteiger partial charge in [0.2, 0.25) is 0 Å². The smallest absolute Gasteiger partial charge is 0.118 e. The number of benzene rings is 3. The molecule has 0 spiro atoms. The SMILES string of the molecule is COc1ccc(CN2CCN(CCOCCc3ccc4ccccc4c3)CC2)cc1. The molecule has 4 rings (SSSR count). The Morgan fingerprint density at radius 1 is 0.733 bits per heavy atom. The Bertz CT molecular complexity index is 918. The summed E-state index contributed by atoms with van der Waals surface area (Å²) in [6, 6.07) is 23.6. The fourth-order valence-corrected chi connectivity index (χ4v) is 4.04. The van der Waals surface area contributed by atoms with Crippen LogP contribution in [-0.2, 0) is 17.7 Å². The first-order valence-electron chi connectivity index (χ1n) is 10.9. The number of hydrogen-bond donors (Lipinski definition) is 0. The van der Waals surface area contributed by atoms with E-state index in [-0.39, 0.29) is 0 Å². The fraction of sp³-hybridized carbons (Fsp3) is 0.385. The Hall–Kier alpha value is -2.40. The van der Waals surface area contributed by atoms with Gasteiger partial charge in [0.25, 0.3) is 0 Å². The largest absolute Gasteiger partial charge is 0.497 e. The van der Waals surface area contributed by atoms with Crippen molar-refractivity contribution in [2.45, 2.75) is 13.0 Å². The summed E-state index contributed by atoms with van der Waals surface area (Å²) < 4.78 is 11.2. The molecule has 1 fully saturated rings. The topological polar surface area (TPSA) is 24.9 Å². The second-order valence-corrected chi connectivity index (χ2v) is 8.01. The van der Waals surface area contributed by atoms with Gasteiger partial charge in [0, 0.05) is 39.3 Å². The zero-order valence-corrected chi connectivity index (χ0v) is 17.9. The van der Waals surface area contributed by atoms with E-state index in [1.807, 2.05) is 12.1 Å². The number of fused-ring (bicyclic) bond motifs is 1. The van der Waals surface area contributed by atoms with E-state index >= 15 is 0 Å². The summed E-state index contributed by atoms with van der Waals surface area (Å²) in [6.07, 6.45) is 0.973. The molecule has 0 N–H and O–H groups in total. The summed E-state index contributed by atoms with van der Waals surface area (Å²) in [5.74, 6) is 0.921. The van der Waals surface area contributed by atoms with Crippen LogP contribution in [-0.4, -0.2) is 62.8 Å². The van der Waals surface area contributed by atoms with Gasteiger partial charge in [-0.15, -0.1) is 0 Å². The molecule has 1 aliphatic rings. The van der Waals surface area contributed by atoms with Gasteiger partial charge in [-0.1, -0.05) is 54.6 Å². The predicted molar refractivity (Wildman–Crippen MR) is 123 cm³/mol. The number of ether oxygens (including phenoxy) is 2.